The number of hydrogen-bond acceptors (Lipinski definition) is 6. The second-order valence-corrected chi connectivity index (χ2v) is 9.03. The van der Waals surface area contributed by atoms with Crippen LogP contribution in [0.5, 0.6) is 11.5 Å². The molecule has 0 aliphatic heterocycles. The van der Waals surface area contributed by atoms with E-state index in [2.05, 4.69) is 10.5 Å². The number of ether oxygens (including phenoxy) is 2. The molecule has 8 nitrogen and oxygen atoms in total. The van der Waals surface area contributed by atoms with Gasteiger partial charge in [0.2, 0.25) is 10.0 Å². The van der Waals surface area contributed by atoms with Crippen molar-refractivity contribution in [1.29, 1.82) is 0 Å². The van der Waals surface area contributed by atoms with E-state index in [-0.39, 0.29) is 17.2 Å². The number of carbonyl (C=O) groups excluding carboxylic acids is 1. The van der Waals surface area contributed by atoms with Gasteiger partial charge >= 0.3 is 0 Å². The standard InChI is InChI=1S/C24H24FN3O5S/c1-32-21-12-13-22(33-2)23(14-21)34(30,31)28(16-19-6-4-3-5-7-19)17-24(29)27-26-15-18-8-10-20(25)11-9-18/h3-15H,16-17H2,1-2H3,(H,27,29). The summed E-state index contributed by atoms with van der Waals surface area (Å²) < 4.78 is 51.6. The first-order chi connectivity index (χ1) is 16.3. The van der Waals surface area contributed by atoms with Gasteiger partial charge in [-0.15, -0.1) is 0 Å². The Morgan fingerprint density at radius 3 is 2.38 bits per heavy atom. The fourth-order valence-corrected chi connectivity index (χ4v) is 4.62. The fourth-order valence-electron chi connectivity index (χ4n) is 3.06. The summed E-state index contributed by atoms with van der Waals surface area (Å²) in [6.45, 7) is -0.559. The van der Waals surface area contributed by atoms with Crippen LogP contribution in [-0.4, -0.2) is 45.6 Å². The summed E-state index contributed by atoms with van der Waals surface area (Å²) >= 11 is 0. The number of carbonyl (C=O) groups is 1. The summed E-state index contributed by atoms with van der Waals surface area (Å²) in [5.41, 5.74) is 3.57. The van der Waals surface area contributed by atoms with E-state index in [0.29, 0.717) is 16.9 Å². The zero-order valence-electron chi connectivity index (χ0n) is 18.6. The molecule has 0 aromatic heterocycles. The molecule has 0 heterocycles. The van der Waals surface area contributed by atoms with Gasteiger partial charge in [-0.3, -0.25) is 4.79 Å². The average molecular weight is 486 g/mol. The van der Waals surface area contributed by atoms with Gasteiger partial charge in [0.1, 0.15) is 22.2 Å². The number of nitrogens with one attached hydrogen (secondary N) is 1. The van der Waals surface area contributed by atoms with E-state index in [1.54, 1.807) is 30.3 Å². The van der Waals surface area contributed by atoms with E-state index in [1.807, 2.05) is 6.07 Å². The third-order valence-corrected chi connectivity index (χ3v) is 6.60. The maximum absolute atomic E-state index is 13.6. The Morgan fingerprint density at radius 2 is 1.74 bits per heavy atom. The Labute approximate surface area is 197 Å². The summed E-state index contributed by atoms with van der Waals surface area (Å²) in [6, 6.07) is 18.8. The predicted octanol–water partition coefficient (Wildman–Crippen LogP) is 3.18. The smallest absolute Gasteiger partial charge is 0.255 e. The lowest BCUT2D eigenvalue weighted by Crippen LogP contribution is -2.39. The van der Waals surface area contributed by atoms with Crippen molar-refractivity contribution in [1.82, 2.24) is 9.73 Å². The highest BCUT2D eigenvalue weighted by atomic mass is 32.2. The lowest BCUT2D eigenvalue weighted by atomic mass is 10.2. The highest BCUT2D eigenvalue weighted by Crippen LogP contribution is 2.31. The molecular formula is C24H24FN3O5S. The zero-order chi connectivity index (χ0) is 24.6. The summed E-state index contributed by atoms with van der Waals surface area (Å²) in [6.07, 6.45) is 1.33. The summed E-state index contributed by atoms with van der Waals surface area (Å²) in [4.78, 5) is 12.5. The molecule has 0 bridgehead atoms. The normalized spacial score (nSPS) is 11.5. The Kier molecular flexibility index (Phi) is 8.34. The molecule has 3 rings (SSSR count). The Morgan fingerprint density at radius 1 is 1.03 bits per heavy atom. The molecule has 178 valence electrons. The molecule has 0 radical (unpaired) electrons. The van der Waals surface area contributed by atoms with Crippen molar-refractivity contribution in [3.05, 3.63) is 89.7 Å². The summed E-state index contributed by atoms with van der Waals surface area (Å²) in [7, 11) is -1.39. The predicted molar refractivity (Wildman–Crippen MR) is 126 cm³/mol. The van der Waals surface area contributed by atoms with Crippen LogP contribution < -0.4 is 14.9 Å². The van der Waals surface area contributed by atoms with Gasteiger partial charge in [0.25, 0.3) is 5.91 Å². The van der Waals surface area contributed by atoms with Crippen LogP contribution >= 0.6 is 0 Å². The monoisotopic (exact) mass is 485 g/mol. The Bertz CT molecular complexity index is 1250. The van der Waals surface area contributed by atoms with Crippen molar-refractivity contribution >= 4 is 22.1 Å². The van der Waals surface area contributed by atoms with Gasteiger partial charge in [-0.1, -0.05) is 42.5 Å². The number of hydrogen-bond donors (Lipinski definition) is 1. The van der Waals surface area contributed by atoms with E-state index in [9.17, 15) is 17.6 Å². The summed E-state index contributed by atoms with van der Waals surface area (Å²) in [5, 5.41) is 3.83. The number of halogens is 1. The minimum absolute atomic E-state index is 0.0569. The van der Waals surface area contributed by atoms with E-state index in [4.69, 9.17) is 9.47 Å². The number of rotatable bonds is 10. The first-order valence-electron chi connectivity index (χ1n) is 10.2. The molecule has 0 fully saturated rings. The van der Waals surface area contributed by atoms with Crippen LogP contribution in [0.2, 0.25) is 0 Å². The molecule has 0 aliphatic rings. The molecule has 1 amide bonds. The van der Waals surface area contributed by atoms with Crippen LogP contribution in [0.25, 0.3) is 0 Å². The molecule has 0 saturated heterocycles. The van der Waals surface area contributed by atoms with Crippen LogP contribution in [0.4, 0.5) is 4.39 Å². The molecule has 3 aromatic carbocycles. The molecule has 0 saturated carbocycles. The second kappa shape index (κ2) is 11.4. The number of methoxy groups -OCH3 is 2. The number of benzene rings is 3. The molecule has 1 N–H and O–H groups in total. The Balaban J connectivity index is 1.86. The minimum Gasteiger partial charge on any atom is -0.497 e. The molecule has 0 unspecified atom stereocenters. The molecule has 34 heavy (non-hydrogen) atoms. The van der Waals surface area contributed by atoms with Gasteiger partial charge in [-0.2, -0.15) is 9.41 Å². The highest BCUT2D eigenvalue weighted by molar-refractivity contribution is 7.89. The molecule has 3 aromatic rings. The van der Waals surface area contributed by atoms with E-state index < -0.39 is 28.3 Å². The lowest BCUT2D eigenvalue weighted by Gasteiger charge is -2.23. The average Bonchev–Trinajstić information content (AvgIpc) is 2.85. The highest BCUT2D eigenvalue weighted by Gasteiger charge is 2.30. The quantitative estimate of drug-likeness (QED) is 0.351. The first kappa shape index (κ1) is 24.9. The van der Waals surface area contributed by atoms with Gasteiger partial charge in [-0.25, -0.2) is 18.2 Å². The zero-order valence-corrected chi connectivity index (χ0v) is 19.5. The molecular weight excluding hydrogens is 461 g/mol. The number of sulfonamides is 1. The maximum atomic E-state index is 13.6. The van der Waals surface area contributed by atoms with Crippen molar-refractivity contribution in [2.24, 2.45) is 5.10 Å². The van der Waals surface area contributed by atoms with E-state index >= 15 is 0 Å². The van der Waals surface area contributed by atoms with Crippen LogP contribution in [-0.2, 0) is 21.4 Å². The summed E-state index contributed by atoms with van der Waals surface area (Å²) in [5.74, 6) is -0.600. The topological polar surface area (TPSA) is 97.3 Å². The second-order valence-electron chi connectivity index (χ2n) is 7.12. The van der Waals surface area contributed by atoms with Crippen LogP contribution in [0, 0.1) is 5.82 Å². The third-order valence-electron chi connectivity index (χ3n) is 4.78. The van der Waals surface area contributed by atoms with Crippen molar-refractivity contribution in [2.75, 3.05) is 20.8 Å². The molecule has 0 spiro atoms. The van der Waals surface area contributed by atoms with Crippen molar-refractivity contribution < 1.29 is 27.1 Å². The number of hydrazone groups is 1. The van der Waals surface area contributed by atoms with Crippen LogP contribution in [0.3, 0.4) is 0 Å². The first-order valence-corrected chi connectivity index (χ1v) is 11.6. The van der Waals surface area contributed by atoms with Gasteiger partial charge in [0, 0.05) is 12.6 Å². The largest absolute Gasteiger partial charge is 0.497 e. The minimum atomic E-state index is -4.18. The van der Waals surface area contributed by atoms with Crippen molar-refractivity contribution in [3.63, 3.8) is 0 Å². The molecule has 0 aliphatic carbocycles. The van der Waals surface area contributed by atoms with E-state index in [1.165, 1.54) is 56.8 Å². The van der Waals surface area contributed by atoms with Gasteiger partial charge in [-0.05, 0) is 35.4 Å². The van der Waals surface area contributed by atoms with E-state index in [0.717, 1.165) is 4.31 Å². The number of amides is 1. The van der Waals surface area contributed by atoms with Crippen LogP contribution in [0.15, 0.2) is 82.8 Å². The van der Waals surface area contributed by atoms with Crippen LogP contribution in [0.1, 0.15) is 11.1 Å². The third kappa shape index (κ3) is 6.40. The number of nitrogens with zero attached hydrogens (tertiary/aromatic N) is 2. The van der Waals surface area contributed by atoms with Gasteiger partial charge in [0.15, 0.2) is 0 Å². The van der Waals surface area contributed by atoms with Gasteiger partial charge < -0.3 is 9.47 Å². The molecule has 10 heteroatoms. The maximum Gasteiger partial charge on any atom is 0.255 e. The lowest BCUT2D eigenvalue weighted by molar-refractivity contribution is -0.121. The SMILES string of the molecule is COc1ccc(OC)c(S(=O)(=O)N(CC(=O)NN=Cc2ccc(F)cc2)Cc2ccccc2)c1. The van der Waals surface area contributed by atoms with Gasteiger partial charge in [0.05, 0.1) is 27.0 Å². The Hall–Kier alpha value is -3.76. The molecule has 0 atom stereocenters. The van der Waals surface area contributed by atoms with Crippen molar-refractivity contribution in [3.8, 4) is 11.5 Å². The fraction of sp³-hybridized carbons (Fsp3) is 0.167. The van der Waals surface area contributed by atoms with Crippen molar-refractivity contribution in [2.45, 2.75) is 11.4 Å².